The molecule has 0 radical (unpaired) electrons. The fourth-order valence-corrected chi connectivity index (χ4v) is 2.92. The average Bonchev–Trinajstić information content (AvgIpc) is 2.80. The van der Waals surface area contributed by atoms with Gasteiger partial charge in [0.25, 0.3) is 0 Å². The molecule has 5 nitrogen and oxygen atoms in total. The Morgan fingerprint density at radius 2 is 1.92 bits per heavy atom. The quantitative estimate of drug-likeness (QED) is 0.738. The standard InChI is InChI=1S/C17H20N2O3.C2H6/c1-16(2,3)22-15(21)19-10-6-9-17(11-19)12-7-4-5-8-13(12)18-14(17)20;1-2/h4-9H,10-11H2,1-3H3,(H,18,20);1-2H3. The van der Waals surface area contributed by atoms with Crippen molar-refractivity contribution in [2.75, 3.05) is 18.4 Å². The van der Waals surface area contributed by atoms with E-state index >= 15 is 0 Å². The summed E-state index contributed by atoms with van der Waals surface area (Å²) in [6, 6.07) is 7.59. The molecule has 2 amide bonds. The lowest BCUT2D eigenvalue weighted by Crippen LogP contribution is -2.50. The van der Waals surface area contributed by atoms with Gasteiger partial charge in [0.15, 0.2) is 0 Å². The predicted molar refractivity (Wildman–Crippen MR) is 95.0 cm³/mol. The van der Waals surface area contributed by atoms with Crippen molar-refractivity contribution in [3.05, 3.63) is 42.0 Å². The molecule has 0 aromatic heterocycles. The van der Waals surface area contributed by atoms with Gasteiger partial charge in [-0.25, -0.2) is 4.79 Å². The smallest absolute Gasteiger partial charge is 0.410 e. The van der Waals surface area contributed by atoms with E-state index in [1.165, 1.54) is 0 Å². The molecule has 1 N–H and O–H groups in total. The van der Waals surface area contributed by atoms with Gasteiger partial charge in [-0.2, -0.15) is 0 Å². The number of carbonyl (C=O) groups is 2. The topological polar surface area (TPSA) is 58.6 Å². The number of ether oxygens (including phenoxy) is 1. The second-order valence-corrected chi connectivity index (χ2v) is 6.73. The Morgan fingerprint density at radius 1 is 1.25 bits per heavy atom. The van der Waals surface area contributed by atoms with Crippen LogP contribution in [0.5, 0.6) is 0 Å². The van der Waals surface area contributed by atoms with Crippen LogP contribution in [0.1, 0.15) is 40.2 Å². The van der Waals surface area contributed by atoms with Crippen molar-refractivity contribution in [2.24, 2.45) is 0 Å². The zero-order valence-corrected chi connectivity index (χ0v) is 15.1. The normalized spacial score (nSPS) is 21.7. The summed E-state index contributed by atoms with van der Waals surface area (Å²) in [4.78, 5) is 26.4. The summed E-state index contributed by atoms with van der Waals surface area (Å²) < 4.78 is 5.42. The first-order valence-electron chi connectivity index (χ1n) is 8.38. The lowest BCUT2D eigenvalue weighted by molar-refractivity contribution is -0.120. The van der Waals surface area contributed by atoms with Crippen LogP contribution in [0.15, 0.2) is 36.4 Å². The molecule has 3 rings (SSSR count). The molecule has 0 aliphatic carbocycles. The minimum absolute atomic E-state index is 0.0989. The third-order valence-corrected chi connectivity index (χ3v) is 3.88. The van der Waals surface area contributed by atoms with Gasteiger partial charge in [0.05, 0.1) is 0 Å². The summed E-state index contributed by atoms with van der Waals surface area (Å²) in [6.07, 6.45) is 3.36. The molecular formula is C19H26N2O3. The van der Waals surface area contributed by atoms with Crippen molar-refractivity contribution in [2.45, 2.75) is 45.6 Å². The molecule has 2 aliphatic rings. The van der Waals surface area contributed by atoms with Gasteiger partial charge in [0.1, 0.15) is 11.0 Å². The van der Waals surface area contributed by atoms with Crippen LogP contribution in [-0.2, 0) is 14.9 Å². The number of fused-ring (bicyclic) bond motifs is 2. The maximum absolute atomic E-state index is 12.5. The van der Waals surface area contributed by atoms with Crippen molar-refractivity contribution < 1.29 is 14.3 Å². The number of para-hydroxylation sites is 1. The average molecular weight is 330 g/mol. The molecule has 1 spiro atoms. The molecule has 2 heterocycles. The van der Waals surface area contributed by atoms with E-state index in [1.807, 2.05) is 71.0 Å². The van der Waals surface area contributed by atoms with Gasteiger partial charge in [-0.1, -0.05) is 44.2 Å². The second-order valence-electron chi connectivity index (χ2n) is 6.73. The van der Waals surface area contributed by atoms with Crippen LogP contribution >= 0.6 is 0 Å². The number of nitrogens with zero attached hydrogens (tertiary/aromatic N) is 1. The van der Waals surface area contributed by atoms with E-state index in [1.54, 1.807) is 4.90 Å². The summed E-state index contributed by atoms with van der Waals surface area (Å²) in [5, 5.41) is 2.90. The summed E-state index contributed by atoms with van der Waals surface area (Å²) >= 11 is 0. The van der Waals surface area contributed by atoms with E-state index in [0.29, 0.717) is 13.1 Å². The number of anilines is 1. The summed E-state index contributed by atoms with van der Waals surface area (Å²) in [6.45, 7) is 10.2. The highest BCUT2D eigenvalue weighted by Crippen LogP contribution is 2.41. The summed E-state index contributed by atoms with van der Waals surface area (Å²) in [7, 11) is 0. The molecule has 0 fully saturated rings. The van der Waals surface area contributed by atoms with Gasteiger partial charge in [0, 0.05) is 18.8 Å². The molecule has 0 bridgehead atoms. The Hall–Kier alpha value is -2.30. The van der Waals surface area contributed by atoms with E-state index < -0.39 is 17.1 Å². The SMILES string of the molecule is CC.CC(C)(C)OC(=O)N1CC=CC2(C1)C(=O)Nc1ccccc12. The fourth-order valence-electron chi connectivity index (χ4n) is 2.92. The van der Waals surface area contributed by atoms with E-state index in [9.17, 15) is 9.59 Å². The van der Waals surface area contributed by atoms with Crippen LogP contribution in [0.25, 0.3) is 0 Å². The van der Waals surface area contributed by atoms with Crippen LogP contribution < -0.4 is 5.32 Å². The van der Waals surface area contributed by atoms with E-state index in [2.05, 4.69) is 5.32 Å². The highest BCUT2D eigenvalue weighted by molar-refractivity contribution is 6.08. The monoisotopic (exact) mass is 330 g/mol. The van der Waals surface area contributed by atoms with Crippen LogP contribution in [0.2, 0.25) is 0 Å². The molecule has 130 valence electrons. The predicted octanol–water partition coefficient (Wildman–Crippen LogP) is 3.71. The molecule has 2 aliphatic heterocycles. The largest absolute Gasteiger partial charge is 0.444 e. The minimum Gasteiger partial charge on any atom is -0.444 e. The zero-order chi connectivity index (χ0) is 18.0. The number of hydrogen-bond donors (Lipinski definition) is 1. The van der Waals surface area contributed by atoms with Crippen LogP contribution in [0, 0.1) is 0 Å². The second kappa shape index (κ2) is 6.67. The molecule has 1 aromatic carbocycles. The molecule has 0 saturated heterocycles. The molecule has 5 heteroatoms. The zero-order valence-electron chi connectivity index (χ0n) is 15.1. The first-order valence-corrected chi connectivity index (χ1v) is 8.38. The van der Waals surface area contributed by atoms with Gasteiger partial charge in [-0.15, -0.1) is 0 Å². The lowest BCUT2D eigenvalue weighted by Gasteiger charge is -2.35. The third-order valence-electron chi connectivity index (χ3n) is 3.88. The number of hydrogen-bond acceptors (Lipinski definition) is 3. The number of benzene rings is 1. The van der Waals surface area contributed by atoms with Gasteiger partial charge in [0.2, 0.25) is 5.91 Å². The van der Waals surface area contributed by atoms with Crippen molar-refractivity contribution in [3.63, 3.8) is 0 Å². The molecular weight excluding hydrogens is 304 g/mol. The van der Waals surface area contributed by atoms with E-state index in [0.717, 1.165) is 11.3 Å². The number of rotatable bonds is 0. The van der Waals surface area contributed by atoms with Crippen molar-refractivity contribution in [1.29, 1.82) is 0 Å². The fraction of sp³-hybridized carbons (Fsp3) is 0.474. The lowest BCUT2D eigenvalue weighted by atomic mass is 9.79. The van der Waals surface area contributed by atoms with E-state index in [-0.39, 0.29) is 5.91 Å². The molecule has 1 unspecified atom stereocenters. The van der Waals surface area contributed by atoms with Crippen LogP contribution in [0.3, 0.4) is 0 Å². The summed E-state index contributed by atoms with van der Waals surface area (Å²) in [5.74, 6) is -0.0989. The van der Waals surface area contributed by atoms with Gasteiger partial charge < -0.3 is 15.0 Å². The van der Waals surface area contributed by atoms with Crippen molar-refractivity contribution in [1.82, 2.24) is 4.90 Å². The summed E-state index contributed by atoms with van der Waals surface area (Å²) in [5.41, 5.74) is 0.347. The van der Waals surface area contributed by atoms with Crippen LogP contribution in [-0.4, -0.2) is 35.6 Å². The maximum atomic E-state index is 12.5. The van der Waals surface area contributed by atoms with E-state index in [4.69, 9.17) is 4.74 Å². The Balaban J connectivity index is 0.00000100. The first kappa shape index (κ1) is 18.0. The molecule has 1 aromatic rings. The molecule has 24 heavy (non-hydrogen) atoms. The van der Waals surface area contributed by atoms with Gasteiger partial charge in [-0.05, 0) is 32.4 Å². The minimum atomic E-state index is -0.814. The third kappa shape index (κ3) is 3.30. The number of nitrogens with one attached hydrogen (secondary N) is 1. The van der Waals surface area contributed by atoms with Crippen LogP contribution in [0.4, 0.5) is 10.5 Å². The maximum Gasteiger partial charge on any atom is 0.410 e. The highest BCUT2D eigenvalue weighted by atomic mass is 16.6. The number of amides is 2. The Kier molecular flexibility index (Phi) is 5.02. The molecule has 0 saturated carbocycles. The number of carbonyl (C=O) groups excluding carboxylic acids is 2. The first-order chi connectivity index (χ1) is 11.3. The van der Waals surface area contributed by atoms with Crippen molar-refractivity contribution in [3.8, 4) is 0 Å². The Labute approximate surface area is 143 Å². The van der Waals surface area contributed by atoms with Gasteiger partial charge in [-0.3, -0.25) is 4.79 Å². The highest BCUT2D eigenvalue weighted by Gasteiger charge is 2.48. The Bertz CT molecular complexity index is 661. The Morgan fingerprint density at radius 3 is 2.58 bits per heavy atom. The van der Waals surface area contributed by atoms with Gasteiger partial charge >= 0.3 is 6.09 Å². The van der Waals surface area contributed by atoms with Crippen molar-refractivity contribution >= 4 is 17.7 Å². The molecule has 1 atom stereocenters.